The van der Waals surface area contributed by atoms with Crippen LogP contribution in [-0.2, 0) is 14.4 Å². The van der Waals surface area contributed by atoms with E-state index in [1.807, 2.05) is 0 Å². The first kappa shape index (κ1) is 16.5. The average molecular weight is 319 g/mol. The lowest BCUT2D eigenvalue weighted by Crippen LogP contribution is -2.58. The van der Waals surface area contributed by atoms with Crippen molar-refractivity contribution >= 4 is 23.8 Å². The van der Waals surface area contributed by atoms with E-state index in [0.29, 0.717) is 12.1 Å². The van der Waals surface area contributed by atoms with Gasteiger partial charge in [0.2, 0.25) is 0 Å². The SMILES string of the molecule is CCN1CCN(C(=O)NC(C(=O)O)c2ccccc2)C(=O)C1=O. The quantitative estimate of drug-likeness (QED) is 0.772. The summed E-state index contributed by atoms with van der Waals surface area (Å²) in [5, 5.41) is 11.6. The summed E-state index contributed by atoms with van der Waals surface area (Å²) in [5.74, 6) is -2.97. The van der Waals surface area contributed by atoms with Crippen LogP contribution in [-0.4, -0.2) is 58.4 Å². The monoisotopic (exact) mass is 319 g/mol. The number of benzene rings is 1. The lowest BCUT2D eigenvalue weighted by Gasteiger charge is -2.32. The van der Waals surface area contributed by atoms with Gasteiger partial charge in [-0.2, -0.15) is 0 Å². The molecule has 1 atom stereocenters. The van der Waals surface area contributed by atoms with Crippen LogP contribution in [0.4, 0.5) is 4.79 Å². The number of likely N-dealkylation sites (N-methyl/N-ethyl adjacent to an activating group) is 1. The Bertz CT molecular complexity index is 631. The molecule has 0 radical (unpaired) electrons. The fraction of sp³-hybridized carbons (Fsp3) is 0.333. The number of nitrogens with zero attached hydrogens (tertiary/aromatic N) is 2. The minimum Gasteiger partial charge on any atom is -0.479 e. The summed E-state index contributed by atoms with van der Waals surface area (Å²) in [6.07, 6.45) is 0. The van der Waals surface area contributed by atoms with Crippen molar-refractivity contribution in [3.63, 3.8) is 0 Å². The van der Waals surface area contributed by atoms with Crippen molar-refractivity contribution in [3.05, 3.63) is 35.9 Å². The maximum Gasteiger partial charge on any atom is 0.330 e. The molecule has 8 nitrogen and oxygen atoms in total. The molecule has 1 aliphatic rings. The number of carboxylic acids is 1. The van der Waals surface area contributed by atoms with Crippen LogP contribution in [0, 0.1) is 0 Å². The first-order valence-electron chi connectivity index (χ1n) is 7.14. The van der Waals surface area contributed by atoms with E-state index >= 15 is 0 Å². The molecule has 4 amide bonds. The Kier molecular flexibility index (Phi) is 4.95. The number of hydrogen-bond acceptors (Lipinski definition) is 4. The van der Waals surface area contributed by atoms with Crippen LogP contribution in [0.3, 0.4) is 0 Å². The Labute approximate surface area is 132 Å². The number of imide groups is 1. The van der Waals surface area contributed by atoms with E-state index in [-0.39, 0.29) is 13.1 Å². The highest BCUT2D eigenvalue weighted by Gasteiger charge is 2.36. The molecule has 1 saturated heterocycles. The zero-order chi connectivity index (χ0) is 17.0. The number of carbonyl (C=O) groups is 4. The first-order valence-corrected chi connectivity index (χ1v) is 7.14. The summed E-state index contributed by atoms with van der Waals surface area (Å²) in [5.41, 5.74) is 0.374. The standard InChI is InChI=1S/C15H17N3O5/c1-2-17-8-9-18(13(20)12(17)19)15(23)16-11(14(21)22)10-6-4-3-5-7-10/h3-7,11H,2,8-9H2,1H3,(H,16,23)(H,21,22). The topological polar surface area (TPSA) is 107 Å². The number of amides is 4. The van der Waals surface area contributed by atoms with Gasteiger partial charge < -0.3 is 15.3 Å². The van der Waals surface area contributed by atoms with E-state index in [1.54, 1.807) is 37.3 Å². The van der Waals surface area contributed by atoms with Crippen molar-refractivity contribution in [3.8, 4) is 0 Å². The lowest BCUT2D eigenvalue weighted by atomic mass is 10.1. The van der Waals surface area contributed by atoms with Crippen LogP contribution in [0.5, 0.6) is 0 Å². The summed E-state index contributed by atoms with van der Waals surface area (Å²) < 4.78 is 0. The lowest BCUT2D eigenvalue weighted by molar-refractivity contribution is -0.153. The van der Waals surface area contributed by atoms with E-state index in [1.165, 1.54) is 4.90 Å². The van der Waals surface area contributed by atoms with Gasteiger partial charge in [0.25, 0.3) is 0 Å². The minimum atomic E-state index is -1.30. The third-order valence-electron chi connectivity index (χ3n) is 3.58. The summed E-state index contributed by atoms with van der Waals surface area (Å²) in [6, 6.07) is 5.93. The van der Waals surface area contributed by atoms with Crippen molar-refractivity contribution in [2.75, 3.05) is 19.6 Å². The van der Waals surface area contributed by atoms with Gasteiger partial charge in [0.1, 0.15) is 0 Å². The fourth-order valence-electron chi connectivity index (χ4n) is 2.30. The summed E-state index contributed by atoms with van der Waals surface area (Å²) >= 11 is 0. The molecule has 0 aliphatic carbocycles. The number of carboxylic acid groups (broad SMARTS) is 1. The van der Waals surface area contributed by atoms with Gasteiger partial charge in [-0.15, -0.1) is 0 Å². The highest BCUT2D eigenvalue weighted by molar-refractivity contribution is 6.38. The van der Waals surface area contributed by atoms with Gasteiger partial charge in [0.15, 0.2) is 6.04 Å². The fourth-order valence-corrected chi connectivity index (χ4v) is 2.30. The van der Waals surface area contributed by atoms with Crippen molar-refractivity contribution in [1.29, 1.82) is 0 Å². The van der Waals surface area contributed by atoms with Gasteiger partial charge in [-0.3, -0.25) is 14.5 Å². The summed E-state index contributed by atoms with van der Waals surface area (Å²) in [4.78, 5) is 49.4. The number of nitrogens with one attached hydrogen (secondary N) is 1. The molecule has 1 aromatic carbocycles. The molecule has 1 aromatic rings. The van der Waals surface area contributed by atoms with Gasteiger partial charge in [-0.05, 0) is 12.5 Å². The molecule has 0 aromatic heterocycles. The molecule has 23 heavy (non-hydrogen) atoms. The molecule has 0 spiro atoms. The van der Waals surface area contributed by atoms with Gasteiger partial charge >= 0.3 is 23.8 Å². The van der Waals surface area contributed by atoms with E-state index in [2.05, 4.69) is 5.32 Å². The maximum absolute atomic E-state index is 12.2. The largest absolute Gasteiger partial charge is 0.479 e. The molecule has 8 heteroatoms. The second-order valence-corrected chi connectivity index (χ2v) is 4.97. The van der Waals surface area contributed by atoms with Crippen LogP contribution in [0.1, 0.15) is 18.5 Å². The van der Waals surface area contributed by atoms with Crippen molar-refractivity contribution in [1.82, 2.24) is 15.1 Å². The molecular weight excluding hydrogens is 302 g/mol. The Balaban J connectivity index is 2.12. The third-order valence-corrected chi connectivity index (χ3v) is 3.58. The molecule has 2 rings (SSSR count). The number of urea groups is 1. The number of aliphatic carboxylic acids is 1. The van der Waals surface area contributed by atoms with Crippen LogP contribution >= 0.6 is 0 Å². The highest BCUT2D eigenvalue weighted by Crippen LogP contribution is 2.14. The summed E-state index contributed by atoms with van der Waals surface area (Å²) in [6.45, 7) is 2.38. The van der Waals surface area contributed by atoms with E-state index in [9.17, 15) is 24.3 Å². The number of rotatable bonds is 4. The third kappa shape index (κ3) is 3.47. The van der Waals surface area contributed by atoms with Crippen LogP contribution in [0.2, 0.25) is 0 Å². The molecule has 0 bridgehead atoms. The number of piperazine rings is 1. The van der Waals surface area contributed by atoms with Crippen LogP contribution in [0.25, 0.3) is 0 Å². The van der Waals surface area contributed by atoms with Crippen molar-refractivity contribution < 1.29 is 24.3 Å². The Morgan fingerprint density at radius 3 is 2.39 bits per heavy atom. The molecule has 1 fully saturated rings. The number of carbonyl (C=O) groups excluding carboxylic acids is 3. The molecule has 1 unspecified atom stereocenters. The van der Waals surface area contributed by atoms with E-state index in [0.717, 1.165) is 4.90 Å². The van der Waals surface area contributed by atoms with Gasteiger partial charge in [0.05, 0.1) is 0 Å². The minimum absolute atomic E-state index is 0.0331. The zero-order valence-electron chi connectivity index (χ0n) is 12.6. The molecule has 122 valence electrons. The van der Waals surface area contributed by atoms with Crippen molar-refractivity contribution in [2.45, 2.75) is 13.0 Å². The predicted octanol–water partition coefficient (Wildman–Crippen LogP) is 0.213. The van der Waals surface area contributed by atoms with Crippen LogP contribution < -0.4 is 5.32 Å². The summed E-state index contributed by atoms with van der Waals surface area (Å²) in [7, 11) is 0. The second kappa shape index (κ2) is 6.91. The number of hydrogen-bond donors (Lipinski definition) is 2. The smallest absolute Gasteiger partial charge is 0.330 e. The molecule has 1 aliphatic heterocycles. The van der Waals surface area contributed by atoms with Gasteiger partial charge in [-0.1, -0.05) is 30.3 Å². The Morgan fingerprint density at radius 1 is 1.17 bits per heavy atom. The average Bonchev–Trinajstić information content (AvgIpc) is 2.55. The molecule has 0 saturated carbocycles. The molecule has 1 heterocycles. The second-order valence-electron chi connectivity index (χ2n) is 4.97. The van der Waals surface area contributed by atoms with Gasteiger partial charge in [-0.25, -0.2) is 9.59 Å². The zero-order valence-corrected chi connectivity index (χ0v) is 12.6. The van der Waals surface area contributed by atoms with E-state index < -0.39 is 29.9 Å². The normalized spacial score (nSPS) is 16.2. The predicted molar refractivity (Wildman–Crippen MR) is 79.3 cm³/mol. The Hall–Kier alpha value is -2.90. The van der Waals surface area contributed by atoms with Crippen LogP contribution in [0.15, 0.2) is 30.3 Å². The molecular formula is C15H17N3O5. The van der Waals surface area contributed by atoms with Gasteiger partial charge in [0, 0.05) is 19.6 Å². The van der Waals surface area contributed by atoms with Crippen molar-refractivity contribution in [2.24, 2.45) is 0 Å². The highest BCUT2D eigenvalue weighted by atomic mass is 16.4. The van der Waals surface area contributed by atoms with E-state index in [4.69, 9.17) is 0 Å². The first-order chi connectivity index (χ1) is 11.0. The molecule has 2 N–H and O–H groups in total. The Morgan fingerprint density at radius 2 is 1.83 bits per heavy atom. The maximum atomic E-state index is 12.2.